The summed E-state index contributed by atoms with van der Waals surface area (Å²) in [6, 6.07) is 8.42. The number of hydrogen-bond acceptors (Lipinski definition) is 2. The van der Waals surface area contributed by atoms with Crippen molar-refractivity contribution in [1.29, 1.82) is 0 Å². The molecule has 0 saturated heterocycles. The van der Waals surface area contributed by atoms with Crippen molar-refractivity contribution in [2.24, 2.45) is 0 Å². The van der Waals surface area contributed by atoms with Gasteiger partial charge in [-0.15, -0.1) is 0 Å². The average molecular weight is 218 g/mol. The highest BCUT2D eigenvalue weighted by atomic mass is 16.4. The van der Waals surface area contributed by atoms with Gasteiger partial charge in [-0.25, -0.2) is 4.79 Å². The number of carboxylic acids is 1. The topological polar surface area (TPSA) is 62.5 Å². The summed E-state index contributed by atoms with van der Waals surface area (Å²) in [5.74, 6) is -0.976. The second kappa shape index (κ2) is 3.98. The maximum atomic E-state index is 11.2. The van der Waals surface area contributed by atoms with Crippen molar-refractivity contribution >= 4 is 16.9 Å². The van der Waals surface area contributed by atoms with E-state index in [4.69, 9.17) is 10.2 Å². The lowest BCUT2D eigenvalue weighted by molar-refractivity contribution is 0.0683. The van der Waals surface area contributed by atoms with E-state index in [1.807, 2.05) is 6.07 Å². The van der Waals surface area contributed by atoms with Gasteiger partial charge in [0.1, 0.15) is 5.69 Å². The summed E-state index contributed by atoms with van der Waals surface area (Å²) >= 11 is 0. The number of aliphatic hydroxyl groups excluding tert-OH is 1. The van der Waals surface area contributed by atoms with Crippen LogP contribution >= 0.6 is 0 Å². The lowest BCUT2D eigenvalue weighted by atomic mass is 10.1. The fourth-order valence-electron chi connectivity index (χ4n) is 2.00. The molecule has 1 aromatic heterocycles. The second-order valence-corrected chi connectivity index (χ2v) is 3.58. The highest BCUT2D eigenvalue weighted by Crippen LogP contribution is 2.24. The van der Waals surface area contributed by atoms with Crippen LogP contribution in [0.25, 0.3) is 10.9 Å². The normalized spacial score (nSPS) is 10.9. The molecule has 2 aromatic rings. The van der Waals surface area contributed by atoms with Crippen LogP contribution in [-0.2, 0) is 6.54 Å². The van der Waals surface area contributed by atoms with Crippen molar-refractivity contribution < 1.29 is 15.0 Å². The maximum absolute atomic E-state index is 11.2. The van der Waals surface area contributed by atoms with Crippen molar-refractivity contribution in [1.82, 2.24) is 4.57 Å². The van der Waals surface area contributed by atoms with Crippen molar-refractivity contribution in [2.75, 3.05) is 6.61 Å². The van der Waals surface area contributed by atoms with Gasteiger partial charge in [-0.3, -0.25) is 0 Å². The summed E-state index contributed by atoms with van der Waals surface area (Å²) in [7, 11) is 0. The summed E-state index contributed by atoms with van der Waals surface area (Å²) < 4.78 is 1.61. The molecule has 0 saturated carbocycles. The van der Waals surface area contributed by atoms with Crippen LogP contribution in [0.15, 0.2) is 18.2 Å². The van der Waals surface area contributed by atoms with Gasteiger partial charge >= 0.3 is 5.97 Å². The average Bonchev–Trinajstić information content (AvgIpc) is 2.54. The minimum absolute atomic E-state index is 0.0849. The molecule has 0 atom stereocenters. The molecule has 0 aliphatic rings. The molecule has 4 heteroatoms. The number of aryl methyl sites for hydroxylation is 1. The number of benzene rings is 1. The molecule has 2 N–H and O–H groups in total. The first-order valence-electron chi connectivity index (χ1n) is 5.00. The van der Waals surface area contributed by atoms with E-state index in [9.17, 15) is 4.79 Å². The molecule has 1 aromatic carbocycles. The van der Waals surface area contributed by atoms with Crippen LogP contribution < -0.4 is 0 Å². The zero-order chi connectivity index (χ0) is 11.7. The molecule has 0 aliphatic carbocycles. The molecule has 0 unspecified atom stereocenters. The van der Waals surface area contributed by atoms with Gasteiger partial charge in [0.25, 0.3) is 0 Å². The summed E-state index contributed by atoms with van der Waals surface area (Å²) in [5, 5.41) is 18.9. The molecule has 0 aliphatic heterocycles. The quantitative estimate of drug-likeness (QED) is 0.819. The molecular weight excluding hydrogens is 206 g/mol. The molecule has 83 valence electrons. The van der Waals surface area contributed by atoms with Crippen LogP contribution in [0.3, 0.4) is 0 Å². The fraction of sp³-hybridized carbons (Fsp3) is 0.250. The van der Waals surface area contributed by atoms with E-state index >= 15 is 0 Å². The summed E-state index contributed by atoms with van der Waals surface area (Å²) in [6.45, 7) is 1.96. The smallest absolute Gasteiger partial charge is 0.352 e. The van der Waals surface area contributed by atoms with Crippen LogP contribution in [0, 0.1) is 13.0 Å². The Morgan fingerprint density at radius 3 is 2.94 bits per heavy atom. The van der Waals surface area contributed by atoms with Crippen molar-refractivity contribution in [3.63, 3.8) is 0 Å². The Morgan fingerprint density at radius 2 is 2.31 bits per heavy atom. The number of aromatic carboxylic acids is 1. The van der Waals surface area contributed by atoms with Gasteiger partial charge in [0.15, 0.2) is 0 Å². The number of aromatic nitrogens is 1. The molecule has 0 fully saturated rings. The Labute approximate surface area is 92.7 Å². The first-order valence-corrected chi connectivity index (χ1v) is 5.00. The van der Waals surface area contributed by atoms with Gasteiger partial charge in [0.05, 0.1) is 6.61 Å². The Morgan fingerprint density at radius 1 is 1.56 bits per heavy atom. The van der Waals surface area contributed by atoms with Crippen LogP contribution in [0.5, 0.6) is 0 Å². The first kappa shape index (κ1) is 10.7. The number of carbonyl (C=O) groups is 1. The van der Waals surface area contributed by atoms with E-state index in [1.54, 1.807) is 23.6 Å². The summed E-state index contributed by atoms with van der Waals surface area (Å²) in [6.07, 6.45) is 0. The van der Waals surface area contributed by atoms with Gasteiger partial charge in [-0.1, -0.05) is 12.1 Å². The van der Waals surface area contributed by atoms with Crippen LogP contribution in [0.4, 0.5) is 0 Å². The third-order valence-electron chi connectivity index (χ3n) is 2.65. The molecule has 16 heavy (non-hydrogen) atoms. The molecule has 1 radical (unpaired) electrons. The van der Waals surface area contributed by atoms with Crippen molar-refractivity contribution in [3.8, 4) is 0 Å². The fourth-order valence-corrected chi connectivity index (χ4v) is 2.00. The zero-order valence-electron chi connectivity index (χ0n) is 8.90. The van der Waals surface area contributed by atoms with Crippen LogP contribution in [0.2, 0.25) is 0 Å². The number of rotatable bonds is 3. The number of fused-ring (bicyclic) bond motifs is 1. The van der Waals surface area contributed by atoms with Gasteiger partial charge in [-0.05, 0) is 24.6 Å². The van der Waals surface area contributed by atoms with E-state index < -0.39 is 5.97 Å². The molecule has 0 spiro atoms. The predicted molar refractivity (Wildman–Crippen MR) is 59.6 cm³/mol. The monoisotopic (exact) mass is 218 g/mol. The first-order chi connectivity index (χ1) is 7.66. The Bertz CT molecular complexity index is 542. The maximum Gasteiger partial charge on any atom is 0.352 e. The highest BCUT2D eigenvalue weighted by molar-refractivity contribution is 5.97. The molecule has 4 nitrogen and oxygen atoms in total. The molecule has 2 rings (SSSR count). The third kappa shape index (κ3) is 1.47. The Balaban J connectivity index is 2.80. The number of aliphatic hydroxyl groups is 1. The van der Waals surface area contributed by atoms with E-state index in [0.717, 1.165) is 10.9 Å². The van der Waals surface area contributed by atoms with Gasteiger partial charge in [0.2, 0.25) is 0 Å². The Kier molecular flexibility index (Phi) is 2.66. The second-order valence-electron chi connectivity index (χ2n) is 3.58. The standard InChI is InChI=1S/C12H12NO3/c1-8-9-4-2-3-5-10(9)13(6-7-14)11(8)12(15)16/h2-3,5,14H,6-7H2,1H3,(H,15,16). The minimum Gasteiger partial charge on any atom is -0.477 e. The number of nitrogens with zero attached hydrogens (tertiary/aromatic N) is 1. The van der Waals surface area contributed by atoms with Crippen molar-refractivity contribution in [2.45, 2.75) is 13.5 Å². The van der Waals surface area contributed by atoms with Crippen LogP contribution in [-0.4, -0.2) is 27.4 Å². The van der Waals surface area contributed by atoms with E-state index in [1.165, 1.54) is 0 Å². The molecule has 1 heterocycles. The van der Waals surface area contributed by atoms with Crippen LogP contribution in [0.1, 0.15) is 16.1 Å². The third-order valence-corrected chi connectivity index (χ3v) is 2.65. The molecular formula is C12H12NO3. The number of hydrogen-bond donors (Lipinski definition) is 2. The summed E-state index contributed by atoms with van der Waals surface area (Å²) in [4.78, 5) is 11.2. The largest absolute Gasteiger partial charge is 0.477 e. The lowest BCUT2D eigenvalue weighted by Gasteiger charge is -2.05. The van der Waals surface area contributed by atoms with Gasteiger partial charge in [-0.2, -0.15) is 0 Å². The SMILES string of the molecule is Cc1c(C(=O)O)n(CCO)c2ccc[c]c12. The highest BCUT2D eigenvalue weighted by Gasteiger charge is 2.18. The number of carboxylic acid groups (broad SMARTS) is 1. The van der Waals surface area contributed by atoms with E-state index in [2.05, 4.69) is 6.07 Å². The van der Waals surface area contributed by atoms with Gasteiger partial charge < -0.3 is 14.8 Å². The molecule has 0 bridgehead atoms. The van der Waals surface area contributed by atoms with E-state index in [-0.39, 0.29) is 18.8 Å². The Hall–Kier alpha value is -1.81. The minimum atomic E-state index is -0.976. The van der Waals surface area contributed by atoms with Crippen molar-refractivity contribution in [3.05, 3.63) is 35.5 Å². The predicted octanol–water partition coefficient (Wildman–Crippen LogP) is 1.44. The summed E-state index contributed by atoms with van der Waals surface area (Å²) in [5.41, 5.74) is 1.72. The van der Waals surface area contributed by atoms with E-state index in [0.29, 0.717) is 5.56 Å². The zero-order valence-corrected chi connectivity index (χ0v) is 8.90. The van der Waals surface area contributed by atoms with Gasteiger partial charge in [0, 0.05) is 17.4 Å². The molecule has 0 amide bonds. The lowest BCUT2D eigenvalue weighted by Crippen LogP contribution is -2.11.